The van der Waals surface area contributed by atoms with Crippen LogP contribution in [0.5, 0.6) is 5.75 Å². The molecule has 1 aromatic carbocycles. The lowest BCUT2D eigenvalue weighted by molar-refractivity contribution is 0.165. The van der Waals surface area contributed by atoms with E-state index in [1.807, 2.05) is 31.2 Å². The summed E-state index contributed by atoms with van der Waals surface area (Å²) in [6.45, 7) is 2.60. The van der Waals surface area contributed by atoms with Crippen LogP contribution >= 0.6 is 0 Å². The van der Waals surface area contributed by atoms with E-state index < -0.39 is 6.10 Å². The van der Waals surface area contributed by atoms with Gasteiger partial charge in [-0.15, -0.1) is 12.3 Å². The second kappa shape index (κ2) is 6.92. The number of rotatable bonds is 6. The molecule has 0 saturated carbocycles. The Hall–Kier alpha value is -1.46. The van der Waals surface area contributed by atoms with E-state index in [1.165, 1.54) is 0 Å². The zero-order valence-electron chi connectivity index (χ0n) is 9.65. The lowest BCUT2D eigenvalue weighted by Gasteiger charge is -2.10. The van der Waals surface area contributed by atoms with Gasteiger partial charge in [0.15, 0.2) is 0 Å². The maximum atomic E-state index is 9.86. The monoisotopic (exact) mass is 218 g/mol. The molecular formula is C14H18O2. The molecule has 0 radical (unpaired) electrons. The molecule has 0 aliphatic heterocycles. The minimum Gasteiger partial charge on any atom is -0.494 e. The van der Waals surface area contributed by atoms with Crippen molar-refractivity contribution < 1.29 is 9.84 Å². The van der Waals surface area contributed by atoms with Crippen LogP contribution < -0.4 is 4.74 Å². The van der Waals surface area contributed by atoms with E-state index in [1.54, 1.807) is 0 Å². The number of benzene rings is 1. The quantitative estimate of drug-likeness (QED) is 0.587. The molecule has 0 heterocycles. The fourth-order valence-electron chi connectivity index (χ4n) is 1.52. The molecule has 0 aromatic heterocycles. The Morgan fingerprint density at radius 2 is 2.06 bits per heavy atom. The van der Waals surface area contributed by atoms with Gasteiger partial charge in [0.2, 0.25) is 0 Å². The molecule has 1 aromatic rings. The highest BCUT2D eigenvalue weighted by molar-refractivity contribution is 5.28. The van der Waals surface area contributed by atoms with E-state index in [0.29, 0.717) is 19.4 Å². The number of hydrogen-bond acceptors (Lipinski definition) is 2. The number of aliphatic hydroxyl groups is 1. The predicted octanol–water partition coefficient (Wildman–Crippen LogP) is 2.92. The Labute approximate surface area is 97.3 Å². The van der Waals surface area contributed by atoms with Crippen LogP contribution in [-0.4, -0.2) is 11.7 Å². The van der Waals surface area contributed by atoms with Crippen LogP contribution in [-0.2, 0) is 0 Å². The lowest BCUT2D eigenvalue weighted by Crippen LogP contribution is -1.98. The number of hydrogen-bond donors (Lipinski definition) is 1. The first-order valence-corrected chi connectivity index (χ1v) is 5.62. The summed E-state index contributed by atoms with van der Waals surface area (Å²) in [6, 6.07) is 7.55. The van der Waals surface area contributed by atoms with Crippen molar-refractivity contribution in [2.75, 3.05) is 6.61 Å². The fourth-order valence-corrected chi connectivity index (χ4v) is 1.52. The van der Waals surface area contributed by atoms with Crippen molar-refractivity contribution in [2.45, 2.75) is 32.3 Å². The highest BCUT2D eigenvalue weighted by Crippen LogP contribution is 2.21. The van der Waals surface area contributed by atoms with E-state index >= 15 is 0 Å². The Balaban J connectivity index is 2.49. The van der Waals surface area contributed by atoms with Gasteiger partial charge in [0, 0.05) is 6.42 Å². The fraction of sp³-hybridized carbons (Fsp3) is 0.429. The van der Waals surface area contributed by atoms with E-state index in [-0.39, 0.29) is 0 Å². The Kier molecular flexibility index (Phi) is 5.45. The summed E-state index contributed by atoms with van der Waals surface area (Å²) in [5.74, 6) is 3.40. The standard InChI is InChI=1S/C14H18O2/c1-3-5-6-7-14(15)12-8-10-13(11-9-12)16-4-2/h1,8-11,14-15H,4-7H2,2H3. The summed E-state index contributed by atoms with van der Waals surface area (Å²) in [4.78, 5) is 0. The van der Waals surface area contributed by atoms with E-state index in [0.717, 1.165) is 17.7 Å². The van der Waals surface area contributed by atoms with Gasteiger partial charge in [0.25, 0.3) is 0 Å². The van der Waals surface area contributed by atoms with Crippen molar-refractivity contribution in [3.8, 4) is 18.1 Å². The summed E-state index contributed by atoms with van der Waals surface area (Å²) in [5, 5.41) is 9.86. The maximum absolute atomic E-state index is 9.86. The van der Waals surface area contributed by atoms with Crippen LogP contribution in [0, 0.1) is 12.3 Å². The van der Waals surface area contributed by atoms with Crippen LogP contribution in [0.2, 0.25) is 0 Å². The zero-order chi connectivity index (χ0) is 11.8. The molecule has 0 spiro atoms. The Morgan fingerprint density at radius 3 is 2.62 bits per heavy atom. The van der Waals surface area contributed by atoms with Gasteiger partial charge in [-0.25, -0.2) is 0 Å². The molecule has 0 saturated heterocycles. The Bertz CT molecular complexity index is 335. The summed E-state index contributed by atoms with van der Waals surface area (Å²) in [5.41, 5.74) is 0.917. The Morgan fingerprint density at radius 1 is 1.38 bits per heavy atom. The zero-order valence-corrected chi connectivity index (χ0v) is 9.65. The number of aliphatic hydroxyl groups excluding tert-OH is 1. The van der Waals surface area contributed by atoms with Gasteiger partial charge in [-0.2, -0.15) is 0 Å². The first-order chi connectivity index (χ1) is 7.77. The molecule has 0 fully saturated rings. The molecule has 86 valence electrons. The van der Waals surface area contributed by atoms with Crippen molar-refractivity contribution in [2.24, 2.45) is 0 Å². The summed E-state index contributed by atoms with van der Waals surface area (Å²) >= 11 is 0. The molecule has 0 bridgehead atoms. The van der Waals surface area contributed by atoms with E-state index in [2.05, 4.69) is 5.92 Å². The number of ether oxygens (including phenoxy) is 1. The van der Waals surface area contributed by atoms with Crippen LogP contribution in [0.4, 0.5) is 0 Å². The van der Waals surface area contributed by atoms with Crippen molar-refractivity contribution >= 4 is 0 Å². The minimum atomic E-state index is -0.427. The molecule has 0 aliphatic carbocycles. The van der Waals surface area contributed by atoms with Gasteiger partial charge in [-0.05, 0) is 37.5 Å². The molecule has 2 nitrogen and oxygen atoms in total. The summed E-state index contributed by atoms with van der Waals surface area (Å²) in [7, 11) is 0. The van der Waals surface area contributed by atoms with Gasteiger partial charge < -0.3 is 9.84 Å². The van der Waals surface area contributed by atoms with Crippen LogP contribution in [0.1, 0.15) is 37.9 Å². The topological polar surface area (TPSA) is 29.5 Å². The first kappa shape index (κ1) is 12.6. The van der Waals surface area contributed by atoms with E-state index in [4.69, 9.17) is 11.2 Å². The van der Waals surface area contributed by atoms with Crippen molar-refractivity contribution in [3.05, 3.63) is 29.8 Å². The van der Waals surface area contributed by atoms with Gasteiger partial charge in [-0.3, -0.25) is 0 Å². The molecule has 0 amide bonds. The van der Waals surface area contributed by atoms with Crippen LogP contribution in [0.3, 0.4) is 0 Å². The molecule has 1 N–H and O–H groups in total. The smallest absolute Gasteiger partial charge is 0.119 e. The molecule has 1 unspecified atom stereocenters. The van der Waals surface area contributed by atoms with Crippen LogP contribution in [0.15, 0.2) is 24.3 Å². The third kappa shape index (κ3) is 3.96. The lowest BCUT2D eigenvalue weighted by atomic mass is 10.0. The summed E-state index contributed by atoms with van der Waals surface area (Å²) in [6.07, 6.45) is 7.01. The molecule has 0 aliphatic rings. The number of unbranched alkanes of at least 4 members (excludes halogenated alkanes) is 1. The molecule has 1 atom stereocenters. The van der Waals surface area contributed by atoms with Crippen molar-refractivity contribution in [1.82, 2.24) is 0 Å². The molecule has 1 rings (SSSR count). The SMILES string of the molecule is C#CCCCC(O)c1ccc(OCC)cc1. The average Bonchev–Trinajstić information content (AvgIpc) is 2.30. The largest absolute Gasteiger partial charge is 0.494 e. The van der Waals surface area contributed by atoms with Gasteiger partial charge in [0.05, 0.1) is 12.7 Å². The van der Waals surface area contributed by atoms with Gasteiger partial charge in [0.1, 0.15) is 5.75 Å². The van der Waals surface area contributed by atoms with Crippen molar-refractivity contribution in [3.63, 3.8) is 0 Å². The average molecular weight is 218 g/mol. The first-order valence-electron chi connectivity index (χ1n) is 5.62. The van der Waals surface area contributed by atoms with Gasteiger partial charge >= 0.3 is 0 Å². The summed E-state index contributed by atoms with van der Waals surface area (Å²) < 4.78 is 5.33. The maximum Gasteiger partial charge on any atom is 0.119 e. The molecular weight excluding hydrogens is 200 g/mol. The third-order valence-electron chi connectivity index (χ3n) is 2.37. The van der Waals surface area contributed by atoms with Crippen molar-refractivity contribution in [1.29, 1.82) is 0 Å². The van der Waals surface area contributed by atoms with Gasteiger partial charge in [-0.1, -0.05) is 12.1 Å². The highest BCUT2D eigenvalue weighted by Gasteiger charge is 2.06. The highest BCUT2D eigenvalue weighted by atomic mass is 16.5. The second-order valence-corrected chi connectivity index (χ2v) is 3.61. The third-order valence-corrected chi connectivity index (χ3v) is 2.37. The normalized spacial score (nSPS) is 11.8. The number of terminal acetylenes is 1. The van der Waals surface area contributed by atoms with E-state index in [9.17, 15) is 5.11 Å². The molecule has 2 heteroatoms. The molecule has 16 heavy (non-hydrogen) atoms. The van der Waals surface area contributed by atoms with Crippen LogP contribution in [0.25, 0.3) is 0 Å². The second-order valence-electron chi connectivity index (χ2n) is 3.61. The minimum absolute atomic E-state index is 0.427. The predicted molar refractivity (Wildman–Crippen MR) is 65.3 cm³/mol.